The Kier molecular flexibility index (Phi) is 5.47. The number of nitrogens with one attached hydrogen (secondary N) is 1. The quantitative estimate of drug-likeness (QED) is 0.708. The highest BCUT2D eigenvalue weighted by Crippen LogP contribution is 2.23. The number of hydrogen-bond acceptors (Lipinski definition) is 4. The largest absolute Gasteiger partial charge is 0.353 e. The average Bonchev–Trinajstić information content (AvgIpc) is 3.11. The van der Waals surface area contributed by atoms with Crippen molar-refractivity contribution < 1.29 is 4.79 Å². The minimum atomic E-state index is -0.00946. The molecule has 1 atom stereocenters. The van der Waals surface area contributed by atoms with Gasteiger partial charge in [-0.2, -0.15) is 0 Å². The van der Waals surface area contributed by atoms with Crippen LogP contribution in [0.3, 0.4) is 0 Å². The van der Waals surface area contributed by atoms with Crippen molar-refractivity contribution in [1.82, 2.24) is 15.3 Å². The minimum absolute atomic E-state index is 0.00946. The van der Waals surface area contributed by atoms with Gasteiger partial charge < -0.3 is 5.32 Å². The van der Waals surface area contributed by atoms with E-state index in [2.05, 4.69) is 32.4 Å². The molecule has 146 valence electrons. The number of aliphatic imine (C=N–C) groups is 1. The highest BCUT2D eigenvalue weighted by atomic mass is 16.1. The van der Waals surface area contributed by atoms with Crippen LogP contribution in [0.5, 0.6) is 0 Å². The SMILES string of the molecule is Cc1cc(C2=NCc3cc(CC(=O)N[C@H](C)Cc4ccccc4)ncc32)ccn1. The molecular formula is C24H24N4O. The number of fused-ring (bicyclic) bond motifs is 1. The van der Waals surface area contributed by atoms with E-state index in [1.54, 1.807) is 6.20 Å². The third kappa shape index (κ3) is 4.57. The minimum Gasteiger partial charge on any atom is -0.353 e. The summed E-state index contributed by atoms with van der Waals surface area (Å²) in [5, 5.41) is 3.07. The Morgan fingerprint density at radius 3 is 2.76 bits per heavy atom. The van der Waals surface area contributed by atoms with Gasteiger partial charge in [0.15, 0.2) is 0 Å². The lowest BCUT2D eigenvalue weighted by atomic mass is 10.0. The summed E-state index contributed by atoms with van der Waals surface area (Å²) in [6.07, 6.45) is 4.73. The van der Waals surface area contributed by atoms with E-state index in [1.807, 2.05) is 56.4 Å². The van der Waals surface area contributed by atoms with E-state index in [0.29, 0.717) is 6.54 Å². The molecule has 0 unspecified atom stereocenters. The first-order chi connectivity index (χ1) is 14.1. The second-order valence-corrected chi connectivity index (χ2v) is 7.52. The summed E-state index contributed by atoms with van der Waals surface area (Å²) in [6, 6.07) is 16.3. The number of hydrogen-bond donors (Lipinski definition) is 1. The highest BCUT2D eigenvalue weighted by Gasteiger charge is 2.19. The molecule has 1 aliphatic rings. The van der Waals surface area contributed by atoms with Gasteiger partial charge >= 0.3 is 0 Å². The number of rotatable bonds is 6. The molecule has 5 nitrogen and oxygen atoms in total. The number of pyridine rings is 2. The highest BCUT2D eigenvalue weighted by molar-refractivity contribution is 6.15. The van der Waals surface area contributed by atoms with E-state index in [0.717, 1.165) is 40.2 Å². The Morgan fingerprint density at radius 2 is 1.97 bits per heavy atom. The van der Waals surface area contributed by atoms with Crippen LogP contribution in [0.4, 0.5) is 0 Å². The monoisotopic (exact) mass is 384 g/mol. The maximum atomic E-state index is 12.4. The molecule has 1 amide bonds. The van der Waals surface area contributed by atoms with Crippen molar-refractivity contribution in [2.45, 2.75) is 39.3 Å². The first-order valence-corrected chi connectivity index (χ1v) is 9.87. The van der Waals surface area contributed by atoms with Gasteiger partial charge in [-0.05, 0) is 49.6 Å². The van der Waals surface area contributed by atoms with Crippen LogP contribution in [0.25, 0.3) is 0 Å². The molecule has 1 aliphatic heterocycles. The number of aryl methyl sites for hydroxylation is 1. The van der Waals surface area contributed by atoms with Gasteiger partial charge in [0.05, 0.1) is 24.4 Å². The van der Waals surface area contributed by atoms with Gasteiger partial charge in [-0.1, -0.05) is 30.3 Å². The fraction of sp³-hybridized carbons (Fsp3) is 0.250. The Morgan fingerprint density at radius 1 is 1.14 bits per heavy atom. The summed E-state index contributed by atoms with van der Waals surface area (Å²) in [5.74, 6) is -0.00946. The van der Waals surface area contributed by atoms with E-state index in [4.69, 9.17) is 0 Å². The lowest BCUT2D eigenvalue weighted by molar-refractivity contribution is -0.121. The zero-order valence-corrected chi connectivity index (χ0v) is 16.7. The zero-order valence-electron chi connectivity index (χ0n) is 16.7. The van der Waals surface area contributed by atoms with E-state index < -0.39 is 0 Å². The predicted molar refractivity (Wildman–Crippen MR) is 114 cm³/mol. The van der Waals surface area contributed by atoms with E-state index in [-0.39, 0.29) is 18.4 Å². The smallest absolute Gasteiger partial charge is 0.226 e. The van der Waals surface area contributed by atoms with Crippen molar-refractivity contribution in [2.75, 3.05) is 0 Å². The molecule has 0 saturated carbocycles. The normalized spacial score (nSPS) is 13.5. The van der Waals surface area contributed by atoms with Crippen LogP contribution in [0.15, 0.2) is 65.9 Å². The Bertz CT molecular complexity index is 1060. The first-order valence-electron chi connectivity index (χ1n) is 9.87. The number of carbonyl (C=O) groups is 1. The molecule has 0 fully saturated rings. The second kappa shape index (κ2) is 8.35. The topological polar surface area (TPSA) is 67.2 Å². The molecule has 2 aromatic heterocycles. The van der Waals surface area contributed by atoms with Gasteiger partial charge in [0, 0.05) is 35.3 Å². The third-order valence-corrected chi connectivity index (χ3v) is 5.01. The van der Waals surface area contributed by atoms with Crippen LogP contribution in [0, 0.1) is 6.92 Å². The Balaban J connectivity index is 1.39. The number of amides is 1. The summed E-state index contributed by atoms with van der Waals surface area (Å²) in [6.45, 7) is 4.62. The molecule has 0 spiro atoms. The number of benzene rings is 1. The predicted octanol–water partition coefficient (Wildman–Crippen LogP) is 3.43. The molecule has 3 heterocycles. The summed E-state index contributed by atoms with van der Waals surface area (Å²) in [7, 11) is 0. The standard InChI is InChI=1S/C24H24N4O/c1-16-11-19(8-9-25-16)24-22-15-26-21(12-20(22)14-27-24)13-23(29)28-17(2)10-18-6-4-3-5-7-18/h3-9,11-12,15,17H,10,13-14H2,1-2H3,(H,28,29)/t17-/m1/s1. The van der Waals surface area contributed by atoms with Gasteiger partial charge in [0.25, 0.3) is 0 Å². The van der Waals surface area contributed by atoms with Crippen LogP contribution in [-0.4, -0.2) is 27.6 Å². The van der Waals surface area contributed by atoms with Crippen molar-refractivity contribution in [2.24, 2.45) is 4.99 Å². The van der Waals surface area contributed by atoms with Crippen LogP contribution in [0.2, 0.25) is 0 Å². The van der Waals surface area contributed by atoms with E-state index in [9.17, 15) is 4.79 Å². The first kappa shape index (κ1) is 19.0. The zero-order chi connectivity index (χ0) is 20.2. The van der Waals surface area contributed by atoms with Crippen molar-refractivity contribution >= 4 is 11.6 Å². The molecule has 4 rings (SSSR count). The number of nitrogens with zero attached hydrogens (tertiary/aromatic N) is 3. The van der Waals surface area contributed by atoms with Crippen LogP contribution in [-0.2, 0) is 24.2 Å². The van der Waals surface area contributed by atoms with Gasteiger partial charge in [-0.15, -0.1) is 0 Å². The molecule has 3 aromatic rings. The van der Waals surface area contributed by atoms with Crippen molar-refractivity contribution in [1.29, 1.82) is 0 Å². The van der Waals surface area contributed by atoms with Crippen LogP contribution in [0.1, 0.15) is 40.6 Å². The average molecular weight is 384 g/mol. The molecule has 0 aliphatic carbocycles. The molecule has 0 saturated heterocycles. The molecule has 0 radical (unpaired) electrons. The second-order valence-electron chi connectivity index (χ2n) is 7.52. The molecule has 1 aromatic carbocycles. The summed E-state index contributed by atoms with van der Waals surface area (Å²) in [4.78, 5) is 25.9. The third-order valence-electron chi connectivity index (χ3n) is 5.01. The maximum absolute atomic E-state index is 12.4. The summed E-state index contributed by atoms with van der Waals surface area (Å²) in [5.41, 5.74) is 7.11. The van der Waals surface area contributed by atoms with Gasteiger partial charge in [0.1, 0.15) is 0 Å². The van der Waals surface area contributed by atoms with Gasteiger partial charge in [-0.25, -0.2) is 0 Å². The van der Waals surface area contributed by atoms with Gasteiger partial charge in [-0.3, -0.25) is 19.8 Å². The van der Waals surface area contributed by atoms with Gasteiger partial charge in [0.2, 0.25) is 5.91 Å². The Hall–Kier alpha value is -3.34. The maximum Gasteiger partial charge on any atom is 0.226 e. The molecular weight excluding hydrogens is 360 g/mol. The lowest BCUT2D eigenvalue weighted by Crippen LogP contribution is -2.35. The molecule has 29 heavy (non-hydrogen) atoms. The number of carbonyl (C=O) groups excluding carboxylic acids is 1. The summed E-state index contributed by atoms with van der Waals surface area (Å²) < 4.78 is 0. The van der Waals surface area contributed by atoms with E-state index >= 15 is 0 Å². The molecule has 0 bridgehead atoms. The van der Waals surface area contributed by atoms with Crippen molar-refractivity contribution in [3.8, 4) is 0 Å². The molecule has 1 N–H and O–H groups in total. The number of aromatic nitrogens is 2. The van der Waals surface area contributed by atoms with Crippen LogP contribution >= 0.6 is 0 Å². The van der Waals surface area contributed by atoms with Crippen molar-refractivity contribution in [3.63, 3.8) is 0 Å². The van der Waals surface area contributed by atoms with Crippen molar-refractivity contribution in [3.05, 3.63) is 94.6 Å². The Labute approximate surface area is 171 Å². The molecule has 5 heteroatoms. The van der Waals surface area contributed by atoms with Crippen LogP contribution < -0.4 is 5.32 Å². The fourth-order valence-corrected chi connectivity index (χ4v) is 3.69. The fourth-order valence-electron chi connectivity index (χ4n) is 3.69. The lowest BCUT2D eigenvalue weighted by Gasteiger charge is -2.14. The summed E-state index contributed by atoms with van der Waals surface area (Å²) >= 11 is 0. The van der Waals surface area contributed by atoms with E-state index in [1.165, 1.54) is 5.56 Å².